The number of amides is 1. The highest BCUT2D eigenvalue weighted by Gasteiger charge is 2.09. The van der Waals surface area contributed by atoms with Crippen LogP contribution in [0.25, 0.3) is 0 Å². The zero-order valence-electron chi connectivity index (χ0n) is 13.5. The molecule has 3 N–H and O–H groups in total. The third-order valence-electron chi connectivity index (χ3n) is 3.17. The van der Waals surface area contributed by atoms with Crippen molar-refractivity contribution in [3.63, 3.8) is 0 Å². The van der Waals surface area contributed by atoms with Crippen LogP contribution in [0.5, 0.6) is 17.4 Å². The third kappa shape index (κ3) is 4.14. The molecule has 7 heteroatoms. The van der Waals surface area contributed by atoms with Gasteiger partial charge in [0.1, 0.15) is 17.6 Å². The summed E-state index contributed by atoms with van der Waals surface area (Å²) in [5.74, 6) is 1.19. The summed E-state index contributed by atoms with van der Waals surface area (Å²) in [5, 5.41) is 11.7. The standard InChI is InChI=1S/C17H18N4O3/c1-3-4-15(22)20-13-7-8-16(21-17(13)19)24-12-6-5-11(10-18)14(9-12)23-2/h5-9H,3-4H2,1-2H3,(H2,19,21)(H,20,22). The molecule has 1 amide bonds. The molecule has 0 aliphatic rings. The minimum Gasteiger partial charge on any atom is -0.495 e. The number of nitrogen functional groups attached to an aromatic ring is 1. The van der Waals surface area contributed by atoms with Crippen LogP contribution >= 0.6 is 0 Å². The second-order valence-corrected chi connectivity index (χ2v) is 4.96. The number of anilines is 2. The van der Waals surface area contributed by atoms with Crippen molar-refractivity contribution < 1.29 is 14.3 Å². The van der Waals surface area contributed by atoms with Crippen molar-refractivity contribution in [3.8, 4) is 23.4 Å². The van der Waals surface area contributed by atoms with E-state index in [0.717, 1.165) is 6.42 Å². The molecule has 0 saturated heterocycles. The van der Waals surface area contributed by atoms with Crippen molar-refractivity contribution in [2.45, 2.75) is 19.8 Å². The normalized spacial score (nSPS) is 9.88. The largest absolute Gasteiger partial charge is 0.495 e. The number of hydrogen-bond acceptors (Lipinski definition) is 6. The summed E-state index contributed by atoms with van der Waals surface area (Å²) in [7, 11) is 1.48. The fourth-order valence-electron chi connectivity index (χ4n) is 2.01. The maximum absolute atomic E-state index is 11.6. The molecule has 0 unspecified atom stereocenters. The van der Waals surface area contributed by atoms with Gasteiger partial charge in [-0.3, -0.25) is 4.79 Å². The van der Waals surface area contributed by atoms with Crippen molar-refractivity contribution in [2.75, 3.05) is 18.2 Å². The molecule has 2 aromatic rings. The average Bonchev–Trinajstić information content (AvgIpc) is 2.57. The van der Waals surface area contributed by atoms with Crippen molar-refractivity contribution in [3.05, 3.63) is 35.9 Å². The fraction of sp³-hybridized carbons (Fsp3) is 0.235. The Bertz CT molecular complexity index is 784. The molecule has 124 valence electrons. The molecular weight excluding hydrogens is 308 g/mol. The first-order valence-corrected chi connectivity index (χ1v) is 7.39. The number of ether oxygens (including phenoxy) is 2. The topological polar surface area (TPSA) is 110 Å². The minimum absolute atomic E-state index is 0.114. The summed E-state index contributed by atoms with van der Waals surface area (Å²) in [6.45, 7) is 1.92. The van der Waals surface area contributed by atoms with E-state index in [0.29, 0.717) is 29.2 Å². The Morgan fingerprint density at radius 1 is 1.38 bits per heavy atom. The van der Waals surface area contributed by atoms with Gasteiger partial charge in [0.15, 0.2) is 5.82 Å². The first-order valence-electron chi connectivity index (χ1n) is 7.39. The zero-order valence-corrected chi connectivity index (χ0v) is 13.5. The summed E-state index contributed by atoms with van der Waals surface area (Å²) in [6.07, 6.45) is 1.17. The quantitative estimate of drug-likeness (QED) is 0.844. The Kier molecular flexibility index (Phi) is 5.58. The van der Waals surface area contributed by atoms with Gasteiger partial charge in [0, 0.05) is 18.6 Å². The van der Waals surface area contributed by atoms with E-state index in [-0.39, 0.29) is 17.6 Å². The van der Waals surface area contributed by atoms with Crippen LogP contribution in [0.3, 0.4) is 0 Å². The molecule has 1 aromatic carbocycles. The van der Waals surface area contributed by atoms with Crippen molar-refractivity contribution in [2.24, 2.45) is 0 Å². The van der Waals surface area contributed by atoms with Gasteiger partial charge in [-0.25, -0.2) is 0 Å². The van der Waals surface area contributed by atoms with E-state index in [4.69, 9.17) is 20.5 Å². The van der Waals surface area contributed by atoms with Crippen LogP contribution in [0.4, 0.5) is 11.5 Å². The molecule has 0 fully saturated rings. The number of nitrogens with one attached hydrogen (secondary N) is 1. The van der Waals surface area contributed by atoms with Crippen molar-refractivity contribution in [1.82, 2.24) is 4.98 Å². The zero-order chi connectivity index (χ0) is 17.5. The maximum atomic E-state index is 11.6. The lowest BCUT2D eigenvalue weighted by atomic mass is 10.2. The number of nitrogens with two attached hydrogens (primary N) is 1. The highest BCUT2D eigenvalue weighted by molar-refractivity contribution is 5.93. The van der Waals surface area contributed by atoms with E-state index in [9.17, 15) is 4.79 Å². The molecule has 2 rings (SSSR count). The molecule has 0 radical (unpaired) electrons. The predicted molar refractivity (Wildman–Crippen MR) is 90.0 cm³/mol. The second-order valence-electron chi connectivity index (χ2n) is 4.96. The number of rotatable bonds is 6. The summed E-state index contributed by atoms with van der Waals surface area (Å²) in [5.41, 5.74) is 6.70. The van der Waals surface area contributed by atoms with Crippen molar-refractivity contribution in [1.29, 1.82) is 5.26 Å². The molecule has 1 aromatic heterocycles. The lowest BCUT2D eigenvalue weighted by molar-refractivity contribution is -0.116. The first-order chi connectivity index (χ1) is 11.6. The van der Waals surface area contributed by atoms with Gasteiger partial charge in [0.25, 0.3) is 0 Å². The summed E-state index contributed by atoms with van der Waals surface area (Å²) in [4.78, 5) is 15.7. The van der Waals surface area contributed by atoms with Gasteiger partial charge in [-0.05, 0) is 24.6 Å². The van der Waals surface area contributed by atoms with Crippen LogP contribution in [-0.4, -0.2) is 18.0 Å². The Morgan fingerprint density at radius 3 is 2.79 bits per heavy atom. The lowest BCUT2D eigenvalue weighted by Gasteiger charge is -2.10. The molecule has 0 saturated carbocycles. The molecule has 0 aliphatic heterocycles. The number of carbonyl (C=O) groups is 1. The highest BCUT2D eigenvalue weighted by Crippen LogP contribution is 2.29. The Hall–Kier alpha value is -3.27. The average molecular weight is 326 g/mol. The molecular formula is C17H18N4O3. The predicted octanol–water partition coefficient (Wildman–Crippen LogP) is 3.07. The van der Waals surface area contributed by atoms with Crippen LogP contribution in [0.2, 0.25) is 0 Å². The van der Waals surface area contributed by atoms with E-state index in [1.165, 1.54) is 7.11 Å². The molecule has 0 spiro atoms. The number of benzene rings is 1. The van der Waals surface area contributed by atoms with Gasteiger partial charge in [-0.2, -0.15) is 10.2 Å². The SMILES string of the molecule is CCCC(=O)Nc1ccc(Oc2ccc(C#N)c(OC)c2)nc1N. The van der Waals surface area contributed by atoms with Crippen LogP contribution in [0.15, 0.2) is 30.3 Å². The number of hydrogen-bond donors (Lipinski definition) is 2. The van der Waals surface area contributed by atoms with Gasteiger partial charge in [0.05, 0.1) is 18.4 Å². The summed E-state index contributed by atoms with van der Waals surface area (Å²) in [6, 6.07) is 10.1. The van der Waals surface area contributed by atoms with Crippen LogP contribution < -0.4 is 20.5 Å². The molecule has 7 nitrogen and oxygen atoms in total. The Morgan fingerprint density at radius 2 is 2.17 bits per heavy atom. The van der Waals surface area contributed by atoms with Crippen molar-refractivity contribution >= 4 is 17.4 Å². The first kappa shape index (κ1) is 17.1. The highest BCUT2D eigenvalue weighted by atomic mass is 16.5. The maximum Gasteiger partial charge on any atom is 0.224 e. The summed E-state index contributed by atoms with van der Waals surface area (Å²) >= 11 is 0. The third-order valence-corrected chi connectivity index (χ3v) is 3.17. The van der Waals surface area contributed by atoms with Gasteiger partial charge in [0.2, 0.25) is 11.8 Å². The molecule has 0 aliphatic carbocycles. The van der Waals surface area contributed by atoms with Crippen LogP contribution in [-0.2, 0) is 4.79 Å². The molecule has 24 heavy (non-hydrogen) atoms. The van der Waals surface area contributed by atoms with E-state index in [1.54, 1.807) is 30.3 Å². The number of methoxy groups -OCH3 is 1. The monoisotopic (exact) mass is 326 g/mol. The fourth-order valence-corrected chi connectivity index (χ4v) is 2.01. The van der Waals surface area contributed by atoms with Gasteiger partial charge < -0.3 is 20.5 Å². The minimum atomic E-state index is -0.114. The Labute approximate surface area is 140 Å². The number of aromatic nitrogens is 1. The van der Waals surface area contributed by atoms with Gasteiger partial charge >= 0.3 is 0 Å². The van der Waals surface area contributed by atoms with E-state index in [2.05, 4.69) is 10.3 Å². The molecule has 1 heterocycles. The summed E-state index contributed by atoms with van der Waals surface area (Å²) < 4.78 is 10.7. The van der Waals surface area contributed by atoms with E-state index < -0.39 is 0 Å². The van der Waals surface area contributed by atoms with E-state index in [1.807, 2.05) is 13.0 Å². The second kappa shape index (κ2) is 7.83. The number of nitriles is 1. The number of nitrogens with zero attached hydrogens (tertiary/aromatic N) is 2. The van der Waals surface area contributed by atoms with Gasteiger partial charge in [-0.15, -0.1) is 0 Å². The Balaban J connectivity index is 2.15. The number of carbonyl (C=O) groups excluding carboxylic acids is 1. The van der Waals surface area contributed by atoms with Crippen LogP contribution in [0, 0.1) is 11.3 Å². The van der Waals surface area contributed by atoms with E-state index >= 15 is 0 Å². The van der Waals surface area contributed by atoms with Gasteiger partial charge in [-0.1, -0.05) is 6.92 Å². The number of pyridine rings is 1. The van der Waals surface area contributed by atoms with Crippen LogP contribution in [0.1, 0.15) is 25.3 Å². The molecule has 0 bridgehead atoms. The smallest absolute Gasteiger partial charge is 0.224 e. The lowest BCUT2D eigenvalue weighted by Crippen LogP contribution is -2.12. The molecule has 0 atom stereocenters.